The van der Waals surface area contributed by atoms with Crippen LogP contribution in [0.15, 0.2) is 48.6 Å². The van der Waals surface area contributed by atoms with Gasteiger partial charge in [-0.2, -0.15) is 0 Å². The van der Waals surface area contributed by atoms with Crippen molar-refractivity contribution >= 4 is 11.9 Å². The largest absolute Gasteiger partial charge is 2.00 e. The zero-order valence-electron chi connectivity index (χ0n) is 9.57. The van der Waals surface area contributed by atoms with Gasteiger partial charge in [-0.3, -0.25) is 0 Å². The number of hydrogen-bond donors (Lipinski definition) is 0. The second-order valence-corrected chi connectivity index (χ2v) is 2.41. The van der Waals surface area contributed by atoms with Gasteiger partial charge in [0.1, 0.15) is 0 Å². The number of rotatable bonds is 4. The Morgan fingerprint density at radius 3 is 1.24 bits per heavy atom. The van der Waals surface area contributed by atoms with Crippen LogP contribution < -0.4 is 10.2 Å². The molecule has 0 aliphatic heterocycles. The van der Waals surface area contributed by atoms with Crippen molar-refractivity contribution in [2.75, 3.05) is 0 Å². The normalized spacial score (nSPS) is 10.5. The first-order valence-corrected chi connectivity index (χ1v) is 4.55. The first-order valence-electron chi connectivity index (χ1n) is 4.55. The van der Waals surface area contributed by atoms with Gasteiger partial charge in [0.05, 0.1) is 11.9 Å². The van der Waals surface area contributed by atoms with E-state index in [1.807, 2.05) is 0 Å². The summed E-state index contributed by atoms with van der Waals surface area (Å²) in [5, 5.41) is 19.3. The molecule has 96 valence electrons. The van der Waals surface area contributed by atoms with Crippen LogP contribution in [0.4, 0.5) is 0 Å². The number of carboxylic acids is 2. The number of hydrogen-bond acceptors (Lipinski definition) is 4. The van der Waals surface area contributed by atoms with Crippen molar-refractivity contribution in [3.05, 3.63) is 48.6 Å². The van der Waals surface area contributed by atoms with Crippen LogP contribution in [0, 0.1) is 0 Å². The molecule has 5 heteroatoms. The molecule has 17 heavy (non-hydrogen) atoms. The quantitative estimate of drug-likeness (QED) is 0.404. The van der Waals surface area contributed by atoms with Crippen LogP contribution in [0.3, 0.4) is 0 Å². The van der Waals surface area contributed by atoms with Gasteiger partial charge in [-0.1, -0.05) is 36.5 Å². The van der Waals surface area contributed by atoms with Crippen molar-refractivity contribution in [3.8, 4) is 0 Å². The second kappa shape index (κ2) is 17.0. The fraction of sp³-hybridized carbons (Fsp3) is 0.167. The fourth-order valence-electron chi connectivity index (χ4n) is 0.490. The predicted octanol–water partition coefficient (Wildman–Crippen LogP) is -0.265. The van der Waals surface area contributed by atoms with Gasteiger partial charge in [0.25, 0.3) is 0 Å². The van der Waals surface area contributed by atoms with Crippen LogP contribution in [0.25, 0.3) is 0 Å². The van der Waals surface area contributed by atoms with Gasteiger partial charge in [0.15, 0.2) is 0 Å². The van der Waals surface area contributed by atoms with Crippen molar-refractivity contribution in [1.82, 2.24) is 0 Å². The smallest absolute Gasteiger partial charge is 0.545 e. The molecule has 0 fully saturated rings. The minimum atomic E-state index is -1.16. The average molecular weight is 329 g/mol. The van der Waals surface area contributed by atoms with Crippen molar-refractivity contribution < 1.29 is 40.2 Å². The molecule has 0 aromatic rings. The minimum Gasteiger partial charge on any atom is -0.545 e. The van der Waals surface area contributed by atoms with Gasteiger partial charge in [0.2, 0.25) is 0 Å². The fourth-order valence-corrected chi connectivity index (χ4v) is 0.490. The molecule has 0 unspecified atom stereocenters. The topological polar surface area (TPSA) is 80.3 Å². The number of carboxylic acid groups (broad SMARTS) is 2. The van der Waals surface area contributed by atoms with Crippen molar-refractivity contribution in [3.63, 3.8) is 0 Å². The molecule has 0 saturated heterocycles. The maximum Gasteiger partial charge on any atom is 2.00 e. The third kappa shape index (κ3) is 31.3. The van der Waals surface area contributed by atoms with Crippen molar-refractivity contribution in [1.29, 1.82) is 0 Å². The molecule has 0 saturated carbocycles. The molecule has 4 nitrogen and oxygen atoms in total. The first kappa shape index (κ1) is 20.9. The van der Waals surface area contributed by atoms with Crippen LogP contribution in [0.1, 0.15) is 13.8 Å². The van der Waals surface area contributed by atoms with Gasteiger partial charge in [-0.15, -0.1) is 0 Å². The summed E-state index contributed by atoms with van der Waals surface area (Å²) >= 11 is 0. The van der Waals surface area contributed by atoms with Crippen LogP contribution in [0.2, 0.25) is 0 Å². The third-order valence-electron chi connectivity index (χ3n) is 1.07. The van der Waals surface area contributed by atoms with E-state index in [0.29, 0.717) is 0 Å². The Bertz CT molecular complexity index is 282. The maximum atomic E-state index is 9.64. The summed E-state index contributed by atoms with van der Waals surface area (Å²) < 4.78 is 0. The van der Waals surface area contributed by atoms with Crippen LogP contribution in [-0.4, -0.2) is 11.9 Å². The summed E-state index contributed by atoms with van der Waals surface area (Å²) in [5.41, 5.74) is 0. The molecular formula is C12H14O4Pd. The Balaban J connectivity index is -0.000000218. The summed E-state index contributed by atoms with van der Waals surface area (Å²) in [6.07, 6.45) is 11.5. The molecule has 0 radical (unpaired) electrons. The van der Waals surface area contributed by atoms with E-state index < -0.39 is 11.9 Å². The monoisotopic (exact) mass is 328 g/mol. The number of carbonyl (C=O) groups excluding carboxylic acids is 2. The van der Waals surface area contributed by atoms with Gasteiger partial charge in [-0.25, -0.2) is 0 Å². The van der Waals surface area contributed by atoms with Crippen molar-refractivity contribution in [2.24, 2.45) is 0 Å². The van der Waals surface area contributed by atoms with Crippen molar-refractivity contribution in [2.45, 2.75) is 13.8 Å². The van der Waals surface area contributed by atoms with Gasteiger partial charge < -0.3 is 19.8 Å². The standard InChI is InChI=1S/2C6H8O2.Pd/c2*1-2-3-4-5-6(7)8;/h2*2-5H,1H3,(H,7,8);/q;;+2/p-2/b2*3-2+,5-4+;. The zero-order chi connectivity index (χ0) is 12.8. The minimum absolute atomic E-state index is 0. The Labute approximate surface area is 115 Å². The van der Waals surface area contributed by atoms with Crippen LogP contribution in [0.5, 0.6) is 0 Å². The molecule has 0 heterocycles. The Morgan fingerprint density at radius 2 is 1.06 bits per heavy atom. The summed E-state index contributed by atoms with van der Waals surface area (Å²) in [5.74, 6) is -2.33. The first-order chi connectivity index (χ1) is 7.54. The Kier molecular flexibility index (Phi) is 20.9. The number of aliphatic carboxylic acids is 2. The van der Waals surface area contributed by atoms with E-state index in [0.717, 1.165) is 12.2 Å². The number of allylic oxidation sites excluding steroid dienone is 6. The van der Waals surface area contributed by atoms with Gasteiger partial charge in [-0.05, 0) is 26.0 Å². The Hall–Kier alpha value is -1.44. The second-order valence-electron chi connectivity index (χ2n) is 2.41. The predicted molar refractivity (Wildman–Crippen MR) is 57.9 cm³/mol. The molecular weight excluding hydrogens is 315 g/mol. The molecule has 0 aliphatic rings. The molecule has 0 aromatic heterocycles. The van der Waals surface area contributed by atoms with E-state index in [1.165, 1.54) is 12.2 Å². The van der Waals surface area contributed by atoms with E-state index in [9.17, 15) is 19.8 Å². The van der Waals surface area contributed by atoms with Gasteiger partial charge in [0, 0.05) is 0 Å². The average Bonchev–Trinajstić information content (AvgIpc) is 2.18. The molecule has 0 rings (SSSR count). The van der Waals surface area contributed by atoms with Crippen LogP contribution >= 0.6 is 0 Å². The molecule has 0 aromatic carbocycles. The zero-order valence-corrected chi connectivity index (χ0v) is 11.1. The van der Waals surface area contributed by atoms with E-state index >= 15 is 0 Å². The number of carbonyl (C=O) groups is 2. The third-order valence-corrected chi connectivity index (χ3v) is 1.07. The molecule has 0 N–H and O–H groups in total. The molecule has 0 bridgehead atoms. The summed E-state index contributed by atoms with van der Waals surface area (Å²) in [6.45, 7) is 3.61. The van der Waals surface area contributed by atoms with E-state index in [1.54, 1.807) is 38.2 Å². The molecule has 0 aliphatic carbocycles. The van der Waals surface area contributed by atoms with E-state index in [4.69, 9.17) is 0 Å². The van der Waals surface area contributed by atoms with E-state index in [-0.39, 0.29) is 20.4 Å². The summed E-state index contributed by atoms with van der Waals surface area (Å²) in [6, 6.07) is 0. The summed E-state index contributed by atoms with van der Waals surface area (Å²) in [7, 11) is 0. The van der Waals surface area contributed by atoms with Crippen LogP contribution in [-0.2, 0) is 30.0 Å². The molecule has 0 spiro atoms. The summed E-state index contributed by atoms with van der Waals surface area (Å²) in [4.78, 5) is 19.3. The molecule has 0 atom stereocenters. The molecule has 0 amide bonds. The maximum absolute atomic E-state index is 9.64. The van der Waals surface area contributed by atoms with Gasteiger partial charge >= 0.3 is 20.4 Å². The Morgan fingerprint density at radius 1 is 0.765 bits per heavy atom. The van der Waals surface area contributed by atoms with E-state index in [2.05, 4.69) is 0 Å². The SMILES string of the molecule is C/C=C/C=C/C(=O)[O-].C/C=C/C=C/C(=O)[O-].[Pd+2].